The van der Waals surface area contributed by atoms with Crippen LogP contribution < -0.4 is 11.2 Å². The summed E-state index contributed by atoms with van der Waals surface area (Å²) in [5.74, 6) is 0. The summed E-state index contributed by atoms with van der Waals surface area (Å²) in [6.45, 7) is 0. The Hall–Kier alpha value is -3.66. The highest BCUT2D eigenvalue weighted by atomic mass is 16.2. The van der Waals surface area contributed by atoms with E-state index in [9.17, 15) is 9.59 Å². The molecule has 132 valence electrons. The first-order valence-corrected chi connectivity index (χ1v) is 8.72. The molecule has 4 heteroatoms. The maximum absolute atomic E-state index is 12.9. The monoisotopic (exact) mass is 354 g/mol. The molecule has 4 aromatic rings. The molecule has 1 heterocycles. The molecule has 0 aliphatic carbocycles. The first kappa shape index (κ1) is 16.8. The molecule has 3 aromatic carbocycles. The number of hydrogen-bond donors (Lipinski definition) is 1. The van der Waals surface area contributed by atoms with E-state index in [-0.39, 0.29) is 5.56 Å². The summed E-state index contributed by atoms with van der Waals surface area (Å²) in [6, 6.07) is 30.3. The number of nitrogens with one attached hydrogen (secondary N) is 1. The minimum absolute atomic E-state index is 0.365. The molecule has 0 atom stereocenters. The van der Waals surface area contributed by atoms with Gasteiger partial charge in [-0.1, -0.05) is 91.0 Å². The number of rotatable bonds is 4. The van der Waals surface area contributed by atoms with Crippen LogP contribution in [-0.4, -0.2) is 9.55 Å². The van der Waals surface area contributed by atoms with Gasteiger partial charge in [-0.3, -0.25) is 4.79 Å². The van der Waals surface area contributed by atoms with E-state index in [0.29, 0.717) is 0 Å². The van der Waals surface area contributed by atoms with Gasteiger partial charge in [0.15, 0.2) is 0 Å². The average molecular weight is 354 g/mol. The summed E-state index contributed by atoms with van der Waals surface area (Å²) in [5, 5.41) is 0. The zero-order valence-corrected chi connectivity index (χ0v) is 14.6. The van der Waals surface area contributed by atoms with Gasteiger partial charge in [0, 0.05) is 12.3 Å². The van der Waals surface area contributed by atoms with E-state index in [1.165, 1.54) is 16.8 Å². The maximum Gasteiger partial charge on any atom is 0.329 e. The minimum Gasteiger partial charge on any atom is -0.314 e. The molecule has 0 aliphatic heterocycles. The van der Waals surface area contributed by atoms with Crippen molar-refractivity contribution in [1.82, 2.24) is 9.55 Å². The normalized spacial score (nSPS) is 11.3. The van der Waals surface area contributed by atoms with Crippen LogP contribution in [0.1, 0.15) is 16.7 Å². The van der Waals surface area contributed by atoms with Crippen LogP contribution in [0.5, 0.6) is 0 Å². The van der Waals surface area contributed by atoms with E-state index in [4.69, 9.17) is 0 Å². The lowest BCUT2D eigenvalue weighted by atomic mass is 9.76. The van der Waals surface area contributed by atoms with Gasteiger partial charge >= 0.3 is 5.69 Å². The molecule has 0 fully saturated rings. The van der Waals surface area contributed by atoms with Gasteiger partial charge in [-0.2, -0.15) is 0 Å². The Bertz CT molecular complexity index is 1020. The van der Waals surface area contributed by atoms with Crippen LogP contribution in [-0.2, 0) is 5.54 Å². The summed E-state index contributed by atoms with van der Waals surface area (Å²) in [7, 11) is 0. The number of H-pyrrole nitrogens is 1. The Morgan fingerprint density at radius 1 is 0.593 bits per heavy atom. The second-order valence-corrected chi connectivity index (χ2v) is 6.26. The zero-order chi connectivity index (χ0) is 18.7. The van der Waals surface area contributed by atoms with E-state index in [1.54, 1.807) is 0 Å². The lowest BCUT2D eigenvalue weighted by Gasteiger charge is -2.36. The van der Waals surface area contributed by atoms with Crippen LogP contribution in [0.25, 0.3) is 0 Å². The smallest absolute Gasteiger partial charge is 0.314 e. The van der Waals surface area contributed by atoms with E-state index in [1.807, 2.05) is 91.0 Å². The fourth-order valence-electron chi connectivity index (χ4n) is 3.67. The van der Waals surface area contributed by atoms with Gasteiger partial charge in [-0.25, -0.2) is 9.36 Å². The SMILES string of the molecule is O=c1cc[nH]c(=O)n1C(c1ccccc1)(c1ccccc1)c1ccccc1. The second kappa shape index (κ2) is 6.92. The van der Waals surface area contributed by atoms with E-state index in [2.05, 4.69) is 4.98 Å². The molecular formula is C23H18N2O2. The van der Waals surface area contributed by atoms with Crippen LogP contribution in [0.3, 0.4) is 0 Å². The first-order valence-electron chi connectivity index (χ1n) is 8.72. The van der Waals surface area contributed by atoms with Gasteiger partial charge in [-0.15, -0.1) is 0 Å². The van der Waals surface area contributed by atoms with Gasteiger partial charge in [0.2, 0.25) is 0 Å². The maximum atomic E-state index is 12.9. The molecule has 0 radical (unpaired) electrons. The summed E-state index contributed by atoms with van der Waals surface area (Å²) in [6.07, 6.45) is 1.38. The zero-order valence-electron chi connectivity index (χ0n) is 14.6. The van der Waals surface area contributed by atoms with Crippen molar-refractivity contribution in [1.29, 1.82) is 0 Å². The second-order valence-electron chi connectivity index (χ2n) is 6.26. The Balaban J connectivity index is 2.24. The summed E-state index contributed by atoms with van der Waals surface area (Å²) < 4.78 is 1.30. The number of aromatic amines is 1. The molecule has 0 aliphatic rings. The lowest BCUT2D eigenvalue weighted by molar-refractivity contribution is 0.472. The van der Waals surface area contributed by atoms with Gasteiger partial charge in [0.25, 0.3) is 5.56 Å². The molecule has 27 heavy (non-hydrogen) atoms. The van der Waals surface area contributed by atoms with Gasteiger partial charge in [0.05, 0.1) is 0 Å². The number of nitrogens with zero attached hydrogens (tertiary/aromatic N) is 1. The predicted octanol–water partition coefficient (Wildman–Crippen LogP) is 3.38. The number of hydrogen-bond acceptors (Lipinski definition) is 2. The standard InChI is InChI=1S/C23H18N2O2/c26-21-16-17-24-22(27)25(21)23(18-10-4-1-5-11-18,19-12-6-2-7-13-19)20-14-8-3-9-15-20/h1-17H,(H,24,27). The fourth-order valence-corrected chi connectivity index (χ4v) is 3.67. The number of aromatic nitrogens is 2. The van der Waals surface area contributed by atoms with Crippen molar-refractivity contribution in [2.75, 3.05) is 0 Å². The van der Waals surface area contributed by atoms with Crippen LogP contribution in [0.15, 0.2) is 113 Å². The molecular weight excluding hydrogens is 336 g/mol. The molecule has 0 saturated carbocycles. The van der Waals surface area contributed by atoms with Gasteiger partial charge < -0.3 is 4.98 Å². The lowest BCUT2D eigenvalue weighted by Crippen LogP contribution is -2.51. The highest BCUT2D eigenvalue weighted by Gasteiger charge is 2.40. The Kier molecular flexibility index (Phi) is 4.30. The molecule has 0 bridgehead atoms. The van der Waals surface area contributed by atoms with Crippen molar-refractivity contribution >= 4 is 0 Å². The van der Waals surface area contributed by atoms with Crippen LogP contribution >= 0.6 is 0 Å². The summed E-state index contributed by atoms with van der Waals surface area (Å²) in [4.78, 5) is 28.5. The summed E-state index contributed by atoms with van der Waals surface area (Å²) in [5.41, 5.74) is 0.591. The third kappa shape index (κ3) is 2.72. The van der Waals surface area contributed by atoms with Crippen molar-refractivity contribution in [3.8, 4) is 0 Å². The highest BCUT2D eigenvalue weighted by Crippen LogP contribution is 2.38. The third-order valence-electron chi connectivity index (χ3n) is 4.77. The molecule has 0 saturated heterocycles. The molecule has 1 aromatic heterocycles. The Morgan fingerprint density at radius 3 is 1.37 bits per heavy atom. The van der Waals surface area contributed by atoms with Crippen molar-refractivity contribution in [3.05, 3.63) is 141 Å². The van der Waals surface area contributed by atoms with Gasteiger partial charge in [-0.05, 0) is 16.7 Å². The minimum atomic E-state index is -1.09. The molecule has 1 N–H and O–H groups in total. The summed E-state index contributed by atoms with van der Waals surface area (Å²) >= 11 is 0. The average Bonchev–Trinajstić information content (AvgIpc) is 2.73. The fraction of sp³-hybridized carbons (Fsp3) is 0.0435. The predicted molar refractivity (Wildman–Crippen MR) is 106 cm³/mol. The topological polar surface area (TPSA) is 54.9 Å². The van der Waals surface area contributed by atoms with Crippen molar-refractivity contribution in [2.45, 2.75) is 5.54 Å². The molecule has 0 spiro atoms. The highest BCUT2D eigenvalue weighted by molar-refractivity contribution is 5.50. The van der Waals surface area contributed by atoms with E-state index < -0.39 is 11.2 Å². The molecule has 0 unspecified atom stereocenters. The van der Waals surface area contributed by atoms with Crippen LogP contribution in [0.4, 0.5) is 0 Å². The Morgan fingerprint density at radius 2 is 1.00 bits per heavy atom. The molecule has 4 nitrogen and oxygen atoms in total. The quantitative estimate of drug-likeness (QED) is 0.571. The van der Waals surface area contributed by atoms with Crippen molar-refractivity contribution < 1.29 is 0 Å². The van der Waals surface area contributed by atoms with Crippen LogP contribution in [0.2, 0.25) is 0 Å². The largest absolute Gasteiger partial charge is 0.329 e. The third-order valence-corrected chi connectivity index (χ3v) is 4.77. The van der Waals surface area contributed by atoms with Gasteiger partial charge in [0.1, 0.15) is 5.54 Å². The first-order chi connectivity index (χ1) is 13.2. The van der Waals surface area contributed by atoms with Crippen LogP contribution in [0, 0.1) is 0 Å². The van der Waals surface area contributed by atoms with Crippen molar-refractivity contribution in [3.63, 3.8) is 0 Å². The Labute approximate surface area is 156 Å². The van der Waals surface area contributed by atoms with E-state index in [0.717, 1.165) is 16.7 Å². The van der Waals surface area contributed by atoms with Crippen molar-refractivity contribution in [2.24, 2.45) is 0 Å². The molecule has 4 rings (SSSR count). The molecule has 0 amide bonds. The number of benzene rings is 3. The van der Waals surface area contributed by atoms with E-state index >= 15 is 0 Å².